The van der Waals surface area contributed by atoms with Crippen molar-refractivity contribution in [3.05, 3.63) is 35.9 Å². The second-order valence-electron chi connectivity index (χ2n) is 3.03. The van der Waals surface area contributed by atoms with Crippen LogP contribution in [0.25, 0.3) is 0 Å². The maximum atomic E-state index is 8.97. The molecule has 2 nitrogen and oxygen atoms in total. The Kier molecular flexibility index (Phi) is 5.01. The van der Waals surface area contributed by atoms with Crippen LogP contribution >= 0.6 is 0 Å². The number of nitrogens with zero attached hydrogens (tertiary/aromatic N) is 1. The number of rotatable bonds is 4. The SMILES string of the molecule is CC#CCOCC(C#N)c1ccccc1. The normalized spacial score (nSPS) is 10.9. The molecule has 1 aromatic rings. The minimum Gasteiger partial charge on any atom is -0.367 e. The largest absolute Gasteiger partial charge is 0.367 e. The molecule has 0 amide bonds. The average molecular weight is 199 g/mol. The first kappa shape index (κ1) is 11.3. The molecule has 0 bridgehead atoms. The predicted octanol–water partition coefficient (Wildman–Crippen LogP) is 2.33. The van der Waals surface area contributed by atoms with Gasteiger partial charge in [0, 0.05) is 0 Å². The van der Waals surface area contributed by atoms with Crippen LogP contribution < -0.4 is 0 Å². The van der Waals surface area contributed by atoms with Crippen molar-refractivity contribution in [3.63, 3.8) is 0 Å². The van der Waals surface area contributed by atoms with Gasteiger partial charge < -0.3 is 4.74 Å². The molecule has 0 aromatic heterocycles. The lowest BCUT2D eigenvalue weighted by Crippen LogP contribution is -2.06. The zero-order chi connectivity index (χ0) is 10.9. The van der Waals surface area contributed by atoms with Crippen LogP contribution in [0.15, 0.2) is 30.3 Å². The fourth-order valence-corrected chi connectivity index (χ4v) is 1.19. The van der Waals surface area contributed by atoms with Crippen molar-refractivity contribution in [1.29, 1.82) is 5.26 Å². The molecule has 76 valence electrons. The van der Waals surface area contributed by atoms with Crippen molar-refractivity contribution in [2.45, 2.75) is 12.8 Å². The van der Waals surface area contributed by atoms with Crippen LogP contribution in [0.5, 0.6) is 0 Å². The first-order valence-corrected chi connectivity index (χ1v) is 4.80. The van der Waals surface area contributed by atoms with Crippen molar-refractivity contribution in [2.75, 3.05) is 13.2 Å². The van der Waals surface area contributed by atoms with E-state index in [1.165, 1.54) is 0 Å². The van der Waals surface area contributed by atoms with Crippen molar-refractivity contribution < 1.29 is 4.74 Å². The summed E-state index contributed by atoms with van der Waals surface area (Å²) in [5, 5.41) is 8.97. The first-order chi connectivity index (χ1) is 7.38. The molecular formula is C13H13NO. The standard InChI is InChI=1S/C13H13NO/c1-2-3-9-15-11-13(10-14)12-7-5-4-6-8-12/h4-8,13H,9,11H2,1H3. The molecule has 0 N–H and O–H groups in total. The lowest BCUT2D eigenvalue weighted by atomic mass is 10.0. The second kappa shape index (κ2) is 6.65. The molecule has 0 aliphatic heterocycles. The van der Waals surface area contributed by atoms with E-state index in [0.717, 1.165) is 5.56 Å². The monoisotopic (exact) mass is 199 g/mol. The first-order valence-electron chi connectivity index (χ1n) is 4.80. The van der Waals surface area contributed by atoms with Crippen LogP contribution in [0, 0.1) is 23.2 Å². The van der Waals surface area contributed by atoms with Gasteiger partial charge in [0.15, 0.2) is 0 Å². The highest BCUT2D eigenvalue weighted by molar-refractivity contribution is 5.24. The van der Waals surface area contributed by atoms with Crippen LogP contribution in [0.3, 0.4) is 0 Å². The van der Waals surface area contributed by atoms with E-state index < -0.39 is 0 Å². The van der Waals surface area contributed by atoms with Crippen LogP contribution in [-0.2, 0) is 4.74 Å². The number of hydrogen-bond donors (Lipinski definition) is 0. The molecule has 2 heteroatoms. The summed E-state index contributed by atoms with van der Waals surface area (Å²) in [7, 11) is 0. The maximum Gasteiger partial charge on any atom is 0.107 e. The molecule has 1 aromatic carbocycles. The van der Waals surface area contributed by atoms with Crippen LogP contribution in [-0.4, -0.2) is 13.2 Å². The molecule has 0 spiro atoms. The van der Waals surface area contributed by atoms with E-state index >= 15 is 0 Å². The van der Waals surface area contributed by atoms with Gasteiger partial charge in [0.1, 0.15) is 6.61 Å². The predicted molar refractivity (Wildman–Crippen MR) is 59.1 cm³/mol. The van der Waals surface area contributed by atoms with Crippen molar-refractivity contribution in [1.82, 2.24) is 0 Å². The molecule has 1 rings (SSSR count). The Labute approximate surface area is 90.5 Å². The van der Waals surface area contributed by atoms with Crippen molar-refractivity contribution in [2.24, 2.45) is 0 Å². The third-order valence-corrected chi connectivity index (χ3v) is 1.99. The minimum atomic E-state index is -0.204. The zero-order valence-corrected chi connectivity index (χ0v) is 8.73. The summed E-state index contributed by atoms with van der Waals surface area (Å²) in [5.41, 5.74) is 0.990. The fraction of sp³-hybridized carbons (Fsp3) is 0.308. The minimum absolute atomic E-state index is 0.204. The lowest BCUT2D eigenvalue weighted by Gasteiger charge is -2.08. The molecule has 0 saturated carbocycles. The quantitative estimate of drug-likeness (QED) is 0.550. The Bertz CT molecular complexity index is 380. The summed E-state index contributed by atoms with van der Waals surface area (Å²) < 4.78 is 5.29. The van der Waals surface area contributed by atoms with Gasteiger partial charge in [0.25, 0.3) is 0 Å². The smallest absolute Gasteiger partial charge is 0.107 e. The van der Waals surface area contributed by atoms with Gasteiger partial charge in [-0.3, -0.25) is 0 Å². The molecule has 0 fully saturated rings. The average Bonchev–Trinajstić information content (AvgIpc) is 2.30. The third kappa shape index (κ3) is 3.85. The summed E-state index contributed by atoms with van der Waals surface area (Å²) in [5.74, 6) is 5.34. The van der Waals surface area contributed by atoms with E-state index in [1.807, 2.05) is 30.3 Å². The molecule has 0 saturated heterocycles. The van der Waals surface area contributed by atoms with Gasteiger partial charge >= 0.3 is 0 Å². The number of nitriles is 1. The molecular weight excluding hydrogens is 186 g/mol. The Morgan fingerprint density at radius 1 is 1.33 bits per heavy atom. The van der Waals surface area contributed by atoms with E-state index in [2.05, 4.69) is 17.9 Å². The summed E-state index contributed by atoms with van der Waals surface area (Å²) in [6.45, 7) is 2.55. The number of benzene rings is 1. The van der Waals surface area contributed by atoms with E-state index in [1.54, 1.807) is 6.92 Å². The Morgan fingerprint density at radius 3 is 2.67 bits per heavy atom. The summed E-state index contributed by atoms with van der Waals surface area (Å²) >= 11 is 0. The molecule has 15 heavy (non-hydrogen) atoms. The van der Waals surface area contributed by atoms with E-state index in [0.29, 0.717) is 13.2 Å². The van der Waals surface area contributed by atoms with E-state index in [-0.39, 0.29) is 5.92 Å². The summed E-state index contributed by atoms with van der Waals surface area (Å²) in [6.07, 6.45) is 0. The Morgan fingerprint density at radius 2 is 2.07 bits per heavy atom. The Hall–Kier alpha value is -1.77. The van der Waals surface area contributed by atoms with Gasteiger partial charge in [-0.2, -0.15) is 5.26 Å². The number of ether oxygens (including phenoxy) is 1. The highest BCUT2D eigenvalue weighted by Gasteiger charge is 2.09. The van der Waals surface area contributed by atoms with Gasteiger partial charge in [-0.15, -0.1) is 5.92 Å². The van der Waals surface area contributed by atoms with Gasteiger partial charge in [0.05, 0.1) is 18.6 Å². The fourth-order valence-electron chi connectivity index (χ4n) is 1.19. The topological polar surface area (TPSA) is 33.0 Å². The van der Waals surface area contributed by atoms with Gasteiger partial charge in [0.2, 0.25) is 0 Å². The lowest BCUT2D eigenvalue weighted by molar-refractivity contribution is 0.162. The van der Waals surface area contributed by atoms with E-state index in [9.17, 15) is 0 Å². The van der Waals surface area contributed by atoms with Gasteiger partial charge in [-0.25, -0.2) is 0 Å². The molecule has 1 unspecified atom stereocenters. The summed E-state index contributed by atoms with van der Waals surface area (Å²) in [6, 6.07) is 11.9. The molecule has 0 radical (unpaired) electrons. The maximum absolute atomic E-state index is 8.97. The van der Waals surface area contributed by atoms with Crippen molar-refractivity contribution in [3.8, 4) is 17.9 Å². The zero-order valence-electron chi connectivity index (χ0n) is 8.73. The third-order valence-electron chi connectivity index (χ3n) is 1.99. The second-order valence-corrected chi connectivity index (χ2v) is 3.03. The summed E-state index contributed by atoms with van der Waals surface area (Å²) in [4.78, 5) is 0. The van der Waals surface area contributed by atoms with Crippen LogP contribution in [0.4, 0.5) is 0 Å². The number of hydrogen-bond acceptors (Lipinski definition) is 2. The molecule has 1 atom stereocenters. The van der Waals surface area contributed by atoms with Gasteiger partial charge in [-0.05, 0) is 12.5 Å². The molecule has 0 aliphatic carbocycles. The highest BCUT2D eigenvalue weighted by Crippen LogP contribution is 2.14. The highest BCUT2D eigenvalue weighted by atomic mass is 16.5. The van der Waals surface area contributed by atoms with E-state index in [4.69, 9.17) is 10.00 Å². The van der Waals surface area contributed by atoms with Gasteiger partial charge in [-0.1, -0.05) is 36.3 Å². The molecule has 0 aliphatic rings. The van der Waals surface area contributed by atoms with Crippen molar-refractivity contribution >= 4 is 0 Å². The Balaban J connectivity index is 2.50. The molecule has 0 heterocycles. The van der Waals surface area contributed by atoms with Crippen LogP contribution in [0.1, 0.15) is 18.4 Å². The van der Waals surface area contributed by atoms with Crippen LogP contribution in [0.2, 0.25) is 0 Å².